The molecule has 3 heteroatoms. The van der Waals surface area contributed by atoms with Gasteiger partial charge in [0.2, 0.25) is 0 Å². The number of hydrogen-bond acceptors (Lipinski definition) is 2. The SMILES string of the molecule is CCCCC/C=C/CC1OC1C/C=C/C/C=C/CCCC(=O)O.[HH]. The first-order valence-electron chi connectivity index (χ1n) is 9.06. The van der Waals surface area contributed by atoms with Crippen molar-refractivity contribution >= 4 is 5.97 Å². The van der Waals surface area contributed by atoms with Gasteiger partial charge in [0, 0.05) is 7.85 Å². The quantitative estimate of drug-likeness (QED) is 0.254. The van der Waals surface area contributed by atoms with Crippen LogP contribution < -0.4 is 0 Å². The number of epoxide rings is 1. The maximum Gasteiger partial charge on any atom is 0.303 e. The van der Waals surface area contributed by atoms with Crippen molar-refractivity contribution in [2.45, 2.75) is 83.3 Å². The summed E-state index contributed by atoms with van der Waals surface area (Å²) in [6, 6.07) is 0. The molecule has 3 nitrogen and oxygen atoms in total. The van der Waals surface area contributed by atoms with Crippen LogP contribution in [0.4, 0.5) is 0 Å². The van der Waals surface area contributed by atoms with Crippen LogP contribution in [0.1, 0.15) is 72.6 Å². The minimum Gasteiger partial charge on any atom is -0.481 e. The van der Waals surface area contributed by atoms with Crippen molar-refractivity contribution in [2.75, 3.05) is 0 Å². The highest BCUT2D eigenvalue weighted by Gasteiger charge is 2.35. The van der Waals surface area contributed by atoms with E-state index in [0.717, 1.165) is 32.1 Å². The van der Waals surface area contributed by atoms with E-state index in [1.165, 1.54) is 25.7 Å². The van der Waals surface area contributed by atoms with Crippen molar-refractivity contribution in [1.82, 2.24) is 0 Å². The van der Waals surface area contributed by atoms with Crippen LogP contribution in [-0.4, -0.2) is 23.3 Å². The van der Waals surface area contributed by atoms with Crippen LogP contribution in [-0.2, 0) is 9.53 Å². The van der Waals surface area contributed by atoms with E-state index < -0.39 is 5.97 Å². The molecule has 0 aromatic carbocycles. The molecule has 1 heterocycles. The summed E-state index contributed by atoms with van der Waals surface area (Å²) >= 11 is 0. The number of carboxylic acids is 1. The lowest BCUT2D eigenvalue weighted by atomic mass is 10.1. The van der Waals surface area contributed by atoms with Gasteiger partial charge in [0.05, 0.1) is 12.2 Å². The highest BCUT2D eigenvalue weighted by molar-refractivity contribution is 5.66. The number of hydrogen-bond donors (Lipinski definition) is 1. The van der Waals surface area contributed by atoms with E-state index in [1.54, 1.807) is 0 Å². The lowest BCUT2D eigenvalue weighted by Gasteiger charge is -1.91. The monoisotopic (exact) mass is 322 g/mol. The van der Waals surface area contributed by atoms with Crippen LogP contribution in [0, 0.1) is 0 Å². The van der Waals surface area contributed by atoms with Crippen LogP contribution in [0.25, 0.3) is 0 Å². The van der Waals surface area contributed by atoms with Crippen molar-refractivity contribution in [3.8, 4) is 0 Å². The smallest absolute Gasteiger partial charge is 0.303 e. The highest BCUT2D eigenvalue weighted by Crippen LogP contribution is 2.29. The molecule has 0 bridgehead atoms. The zero-order valence-electron chi connectivity index (χ0n) is 14.5. The molecule has 2 unspecified atom stereocenters. The van der Waals surface area contributed by atoms with E-state index in [4.69, 9.17) is 9.84 Å². The number of unbranched alkanes of at least 4 members (excludes halogenated alkanes) is 4. The number of allylic oxidation sites excluding steroid dienone is 4. The van der Waals surface area contributed by atoms with Gasteiger partial charge >= 0.3 is 5.97 Å². The van der Waals surface area contributed by atoms with Crippen molar-refractivity contribution in [2.24, 2.45) is 0 Å². The van der Waals surface area contributed by atoms with E-state index in [-0.39, 0.29) is 7.85 Å². The molecule has 1 aliphatic heterocycles. The predicted molar refractivity (Wildman–Crippen MR) is 97.7 cm³/mol. The van der Waals surface area contributed by atoms with E-state index in [0.29, 0.717) is 12.2 Å². The zero-order chi connectivity index (χ0) is 16.8. The zero-order valence-corrected chi connectivity index (χ0v) is 14.5. The lowest BCUT2D eigenvalue weighted by molar-refractivity contribution is -0.137. The molecule has 132 valence electrons. The van der Waals surface area contributed by atoms with Gasteiger partial charge in [-0.25, -0.2) is 0 Å². The molecule has 0 aromatic rings. The van der Waals surface area contributed by atoms with Gasteiger partial charge in [-0.3, -0.25) is 4.79 Å². The first-order valence-corrected chi connectivity index (χ1v) is 9.06. The fourth-order valence-corrected chi connectivity index (χ4v) is 2.44. The van der Waals surface area contributed by atoms with Crippen LogP contribution in [0.15, 0.2) is 36.5 Å². The number of rotatable bonds is 14. The molecule has 0 saturated carbocycles. The third-order valence-electron chi connectivity index (χ3n) is 3.93. The average Bonchev–Trinajstić information content (AvgIpc) is 3.27. The standard InChI is InChI=1S/C20H32O3.H2/c1-2-3-4-5-9-12-15-18-19(23-18)16-13-10-7-6-8-11-14-17-20(21)22;/h6,8-10,12-13,18-19H,2-5,7,11,14-17H2,1H3,(H,21,22);1H/b8-6+,12-9+,13-10+;. The summed E-state index contributed by atoms with van der Waals surface area (Å²) in [5.41, 5.74) is 0. The summed E-state index contributed by atoms with van der Waals surface area (Å²) in [4.78, 5) is 10.3. The Morgan fingerprint density at radius 2 is 1.57 bits per heavy atom. The first-order chi connectivity index (χ1) is 11.2. The molecule has 0 amide bonds. The largest absolute Gasteiger partial charge is 0.481 e. The second-order valence-electron chi connectivity index (χ2n) is 6.12. The van der Waals surface area contributed by atoms with Gasteiger partial charge in [-0.05, 0) is 44.9 Å². The number of aliphatic carboxylic acids is 1. The Bertz CT molecular complexity index is 402. The molecule has 0 radical (unpaired) electrons. The Kier molecular flexibility index (Phi) is 11.2. The minimum atomic E-state index is -0.715. The van der Waals surface area contributed by atoms with E-state index >= 15 is 0 Å². The van der Waals surface area contributed by atoms with E-state index in [9.17, 15) is 4.79 Å². The highest BCUT2D eigenvalue weighted by atomic mass is 16.6. The Morgan fingerprint density at radius 3 is 2.26 bits per heavy atom. The van der Waals surface area contributed by atoms with Crippen LogP contribution in [0.2, 0.25) is 0 Å². The third kappa shape index (κ3) is 11.8. The van der Waals surface area contributed by atoms with Crippen LogP contribution >= 0.6 is 0 Å². The summed E-state index contributed by atoms with van der Waals surface area (Å²) in [7, 11) is 0. The summed E-state index contributed by atoms with van der Waals surface area (Å²) in [6.45, 7) is 2.23. The second-order valence-corrected chi connectivity index (χ2v) is 6.12. The summed E-state index contributed by atoms with van der Waals surface area (Å²) in [6.07, 6.45) is 23.8. The van der Waals surface area contributed by atoms with Gasteiger partial charge in [-0.15, -0.1) is 0 Å². The Hall–Kier alpha value is -1.35. The molecule has 0 spiro atoms. The van der Waals surface area contributed by atoms with Gasteiger partial charge in [0.1, 0.15) is 0 Å². The molecule has 23 heavy (non-hydrogen) atoms. The molecule has 1 aliphatic rings. The summed E-state index contributed by atoms with van der Waals surface area (Å²) < 4.78 is 5.65. The van der Waals surface area contributed by atoms with E-state index in [1.807, 2.05) is 0 Å². The summed E-state index contributed by atoms with van der Waals surface area (Å²) in [5, 5.41) is 8.52. The minimum absolute atomic E-state index is 0. The van der Waals surface area contributed by atoms with Gasteiger partial charge < -0.3 is 9.84 Å². The third-order valence-corrected chi connectivity index (χ3v) is 3.93. The molecular weight excluding hydrogens is 288 g/mol. The molecule has 1 rings (SSSR count). The molecule has 1 N–H and O–H groups in total. The molecule has 0 aromatic heterocycles. The fraction of sp³-hybridized carbons (Fsp3) is 0.650. The number of ether oxygens (including phenoxy) is 1. The Balaban J connectivity index is 0.00000529. The van der Waals surface area contributed by atoms with E-state index in [2.05, 4.69) is 43.4 Å². The van der Waals surface area contributed by atoms with Crippen molar-refractivity contribution in [3.63, 3.8) is 0 Å². The maximum atomic E-state index is 10.3. The average molecular weight is 322 g/mol. The van der Waals surface area contributed by atoms with Crippen molar-refractivity contribution in [1.29, 1.82) is 0 Å². The van der Waals surface area contributed by atoms with Crippen LogP contribution in [0.3, 0.4) is 0 Å². The molecule has 1 saturated heterocycles. The van der Waals surface area contributed by atoms with Crippen LogP contribution in [0.5, 0.6) is 0 Å². The van der Waals surface area contributed by atoms with Crippen molar-refractivity contribution in [3.05, 3.63) is 36.5 Å². The molecular formula is C20H34O3. The molecule has 2 atom stereocenters. The first kappa shape index (κ1) is 19.7. The lowest BCUT2D eigenvalue weighted by Crippen LogP contribution is -1.92. The van der Waals surface area contributed by atoms with Gasteiger partial charge in [0.15, 0.2) is 0 Å². The predicted octanol–water partition coefficient (Wildman–Crippen LogP) is 5.67. The topological polar surface area (TPSA) is 49.8 Å². The normalized spacial score (nSPS) is 20.9. The van der Waals surface area contributed by atoms with Gasteiger partial charge in [-0.1, -0.05) is 56.2 Å². The number of carboxylic acid groups (broad SMARTS) is 1. The Labute approximate surface area is 142 Å². The molecule has 1 fully saturated rings. The second kappa shape index (κ2) is 13.1. The Morgan fingerprint density at radius 1 is 0.957 bits per heavy atom. The van der Waals surface area contributed by atoms with Gasteiger partial charge in [0.25, 0.3) is 0 Å². The van der Waals surface area contributed by atoms with Crippen molar-refractivity contribution < 1.29 is 16.1 Å². The fourth-order valence-electron chi connectivity index (χ4n) is 2.44. The van der Waals surface area contributed by atoms with Gasteiger partial charge in [-0.2, -0.15) is 0 Å². The number of carbonyl (C=O) groups is 1. The summed E-state index contributed by atoms with van der Waals surface area (Å²) in [5.74, 6) is -0.715. The molecule has 0 aliphatic carbocycles. The maximum absolute atomic E-state index is 10.3.